The van der Waals surface area contributed by atoms with Gasteiger partial charge in [0.05, 0.1) is 24.3 Å². The van der Waals surface area contributed by atoms with Crippen LogP contribution in [-0.4, -0.2) is 25.2 Å². The van der Waals surface area contributed by atoms with Crippen LogP contribution in [0.5, 0.6) is 11.5 Å². The van der Waals surface area contributed by atoms with Crippen LogP contribution in [0.15, 0.2) is 85.5 Å². The molecule has 41 heavy (non-hydrogen) atoms. The van der Waals surface area contributed by atoms with Gasteiger partial charge in [-0.05, 0) is 60.4 Å². The molecular formula is C35H39NO5. The lowest BCUT2D eigenvalue weighted by atomic mass is 10.0. The molecule has 0 amide bonds. The summed E-state index contributed by atoms with van der Waals surface area (Å²) in [6.45, 7) is 4.59. The molecule has 0 aromatic heterocycles. The van der Waals surface area contributed by atoms with Gasteiger partial charge >= 0.3 is 11.9 Å². The van der Waals surface area contributed by atoms with E-state index in [0.717, 1.165) is 36.1 Å². The van der Waals surface area contributed by atoms with Crippen molar-refractivity contribution < 1.29 is 23.8 Å². The van der Waals surface area contributed by atoms with Crippen LogP contribution in [0.3, 0.4) is 0 Å². The summed E-state index contributed by atoms with van der Waals surface area (Å²) in [6.07, 6.45) is 12.9. The van der Waals surface area contributed by atoms with Gasteiger partial charge in [0, 0.05) is 6.08 Å². The Hall–Kier alpha value is -4.37. The number of hydrogen-bond acceptors (Lipinski definition) is 6. The molecule has 3 aromatic rings. The third-order valence-corrected chi connectivity index (χ3v) is 6.74. The third kappa shape index (κ3) is 11.3. The lowest BCUT2D eigenvalue weighted by molar-refractivity contribution is -0.137. The van der Waals surface area contributed by atoms with Crippen molar-refractivity contribution in [3.05, 3.63) is 96.6 Å². The quantitative estimate of drug-likeness (QED) is 0.0680. The Kier molecular flexibility index (Phi) is 13.7. The summed E-state index contributed by atoms with van der Waals surface area (Å²) in [5.74, 6) is 0.269. The van der Waals surface area contributed by atoms with Gasteiger partial charge in [0.1, 0.15) is 17.6 Å². The fourth-order valence-electron chi connectivity index (χ4n) is 4.39. The van der Waals surface area contributed by atoms with Crippen molar-refractivity contribution in [3.63, 3.8) is 0 Å². The SMILES string of the molecule is C=CC(=O)OCCCCCCCCCCCCOc1ccc(-c2ccc(C(=O)Oc3ccccc3C#N)cc2)cc1. The van der Waals surface area contributed by atoms with E-state index in [9.17, 15) is 14.9 Å². The van der Waals surface area contributed by atoms with Crippen LogP contribution < -0.4 is 9.47 Å². The number of hydrogen-bond donors (Lipinski definition) is 0. The lowest BCUT2D eigenvalue weighted by Gasteiger charge is -2.09. The number of nitrogens with zero attached hydrogens (tertiary/aromatic N) is 1. The molecule has 3 rings (SSSR count). The number of ether oxygens (including phenoxy) is 3. The van der Waals surface area contributed by atoms with E-state index in [1.807, 2.05) is 42.5 Å². The highest BCUT2D eigenvalue weighted by Crippen LogP contribution is 2.24. The van der Waals surface area contributed by atoms with Gasteiger partial charge in [0.25, 0.3) is 0 Å². The van der Waals surface area contributed by atoms with Crippen molar-refractivity contribution in [2.75, 3.05) is 13.2 Å². The van der Waals surface area contributed by atoms with Crippen LogP contribution in [0.1, 0.15) is 80.1 Å². The maximum atomic E-state index is 12.5. The van der Waals surface area contributed by atoms with Gasteiger partial charge in [-0.1, -0.05) is 94.3 Å². The molecule has 0 unspecified atom stereocenters. The van der Waals surface area contributed by atoms with Crippen molar-refractivity contribution in [3.8, 4) is 28.7 Å². The molecule has 0 aliphatic rings. The first kappa shape index (κ1) is 31.2. The molecule has 3 aromatic carbocycles. The first-order valence-corrected chi connectivity index (χ1v) is 14.4. The minimum atomic E-state index is -0.500. The summed E-state index contributed by atoms with van der Waals surface area (Å²) in [4.78, 5) is 23.5. The van der Waals surface area contributed by atoms with Crippen molar-refractivity contribution in [1.29, 1.82) is 5.26 Å². The van der Waals surface area contributed by atoms with E-state index >= 15 is 0 Å². The smallest absolute Gasteiger partial charge is 0.343 e. The first-order chi connectivity index (χ1) is 20.1. The Balaban J connectivity index is 1.26. The number of nitriles is 1. The number of carbonyl (C=O) groups excluding carboxylic acids is 2. The van der Waals surface area contributed by atoms with Crippen LogP contribution in [0, 0.1) is 11.3 Å². The van der Waals surface area contributed by atoms with Crippen LogP contribution in [0.4, 0.5) is 0 Å². The number of para-hydroxylation sites is 1. The highest BCUT2D eigenvalue weighted by atomic mass is 16.5. The Morgan fingerprint density at radius 1 is 0.707 bits per heavy atom. The zero-order valence-corrected chi connectivity index (χ0v) is 23.7. The predicted molar refractivity (Wildman–Crippen MR) is 161 cm³/mol. The molecule has 0 bridgehead atoms. The van der Waals surface area contributed by atoms with Gasteiger partial charge in [0.15, 0.2) is 0 Å². The molecule has 0 spiro atoms. The highest BCUT2D eigenvalue weighted by Gasteiger charge is 2.12. The average Bonchev–Trinajstić information content (AvgIpc) is 3.01. The van der Waals surface area contributed by atoms with Gasteiger partial charge in [-0.15, -0.1) is 0 Å². The van der Waals surface area contributed by atoms with Gasteiger partial charge in [0.2, 0.25) is 0 Å². The summed E-state index contributed by atoms with van der Waals surface area (Å²) >= 11 is 0. The lowest BCUT2D eigenvalue weighted by Crippen LogP contribution is -2.09. The largest absolute Gasteiger partial charge is 0.494 e. The fraction of sp³-hybridized carbons (Fsp3) is 0.343. The summed E-state index contributed by atoms with van der Waals surface area (Å²) in [6, 6.07) is 23.9. The Labute approximate surface area is 243 Å². The maximum Gasteiger partial charge on any atom is 0.343 e. The Bertz CT molecular complexity index is 1280. The molecule has 0 atom stereocenters. The van der Waals surface area contributed by atoms with E-state index in [2.05, 4.69) is 6.58 Å². The van der Waals surface area contributed by atoms with Crippen molar-refractivity contribution in [1.82, 2.24) is 0 Å². The third-order valence-electron chi connectivity index (χ3n) is 6.74. The number of unbranched alkanes of at least 4 members (excludes halogenated alkanes) is 9. The van der Waals surface area contributed by atoms with E-state index in [4.69, 9.17) is 14.2 Å². The van der Waals surface area contributed by atoms with Crippen molar-refractivity contribution >= 4 is 11.9 Å². The highest BCUT2D eigenvalue weighted by molar-refractivity contribution is 5.92. The zero-order chi connectivity index (χ0) is 29.1. The molecule has 0 aliphatic carbocycles. The van der Waals surface area contributed by atoms with E-state index in [1.54, 1.807) is 36.4 Å². The molecular weight excluding hydrogens is 514 g/mol. The van der Waals surface area contributed by atoms with Gasteiger partial charge in [-0.3, -0.25) is 0 Å². The number of esters is 2. The van der Waals surface area contributed by atoms with Crippen LogP contribution >= 0.6 is 0 Å². The Morgan fingerprint density at radius 3 is 1.83 bits per heavy atom. The number of benzene rings is 3. The van der Waals surface area contributed by atoms with Crippen LogP contribution in [0.25, 0.3) is 11.1 Å². The molecule has 0 saturated heterocycles. The number of rotatable bonds is 18. The monoisotopic (exact) mass is 553 g/mol. The maximum absolute atomic E-state index is 12.5. The molecule has 0 saturated carbocycles. The van der Waals surface area contributed by atoms with Gasteiger partial charge in [-0.25, -0.2) is 9.59 Å². The Morgan fingerprint density at radius 2 is 1.24 bits per heavy atom. The topological polar surface area (TPSA) is 85.6 Å². The molecule has 0 radical (unpaired) electrons. The first-order valence-electron chi connectivity index (χ1n) is 14.4. The summed E-state index contributed by atoms with van der Waals surface area (Å²) in [5, 5.41) is 9.18. The molecule has 6 nitrogen and oxygen atoms in total. The fourth-order valence-corrected chi connectivity index (χ4v) is 4.39. The van der Waals surface area contributed by atoms with Crippen LogP contribution in [0.2, 0.25) is 0 Å². The minimum absolute atomic E-state index is 0.255. The number of carbonyl (C=O) groups is 2. The average molecular weight is 554 g/mol. The van der Waals surface area contributed by atoms with E-state index in [1.165, 1.54) is 51.0 Å². The standard InChI is InChI=1S/C35H39NO5/c1-2-34(37)40-26-14-10-8-6-4-3-5-7-9-13-25-39-32-23-21-29(22-24-32)28-17-19-30(20-18-28)35(38)41-33-16-12-11-15-31(33)27-36/h2,11-12,15-24H,1,3-10,13-14,25-26H2. The predicted octanol–water partition coefficient (Wildman–Crippen LogP) is 8.45. The molecule has 0 heterocycles. The second-order valence-corrected chi connectivity index (χ2v) is 9.85. The van der Waals surface area contributed by atoms with E-state index < -0.39 is 5.97 Å². The molecule has 0 N–H and O–H groups in total. The van der Waals surface area contributed by atoms with E-state index in [-0.39, 0.29) is 11.7 Å². The molecule has 6 heteroatoms. The molecule has 214 valence electrons. The van der Waals surface area contributed by atoms with Gasteiger partial charge < -0.3 is 14.2 Å². The molecule has 0 fully saturated rings. The second kappa shape index (κ2) is 18.1. The van der Waals surface area contributed by atoms with Crippen molar-refractivity contribution in [2.24, 2.45) is 0 Å². The summed E-state index contributed by atoms with van der Waals surface area (Å²) in [5.41, 5.74) is 2.76. The summed E-state index contributed by atoms with van der Waals surface area (Å²) in [7, 11) is 0. The van der Waals surface area contributed by atoms with Gasteiger partial charge in [-0.2, -0.15) is 5.26 Å². The van der Waals surface area contributed by atoms with Crippen molar-refractivity contribution in [2.45, 2.75) is 64.2 Å². The normalized spacial score (nSPS) is 10.4. The summed E-state index contributed by atoms with van der Waals surface area (Å²) < 4.78 is 16.3. The van der Waals surface area contributed by atoms with E-state index in [0.29, 0.717) is 24.3 Å². The minimum Gasteiger partial charge on any atom is -0.494 e. The molecule has 0 aliphatic heterocycles. The second-order valence-electron chi connectivity index (χ2n) is 9.85. The van der Waals surface area contributed by atoms with Crippen LogP contribution in [-0.2, 0) is 9.53 Å². The zero-order valence-electron chi connectivity index (χ0n) is 23.7.